The molecule has 1 aromatic heterocycles. The van der Waals surface area contributed by atoms with Gasteiger partial charge in [-0.25, -0.2) is 17.8 Å². The third kappa shape index (κ3) is 4.63. The van der Waals surface area contributed by atoms with Gasteiger partial charge >= 0.3 is 0 Å². The number of rotatable bonds is 6. The zero-order chi connectivity index (χ0) is 22.9. The molecule has 2 N–H and O–H groups in total. The van der Waals surface area contributed by atoms with E-state index in [1.54, 1.807) is 12.1 Å². The number of fused-ring (bicyclic) bond motifs is 1. The molecule has 1 amide bonds. The molecular formula is C23H20FN3O3S2. The van der Waals surface area contributed by atoms with Crippen LogP contribution >= 0.6 is 11.3 Å². The second-order valence-electron chi connectivity index (χ2n) is 7.46. The van der Waals surface area contributed by atoms with E-state index in [4.69, 9.17) is 0 Å². The van der Waals surface area contributed by atoms with Crippen LogP contribution in [0.15, 0.2) is 71.6 Å². The van der Waals surface area contributed by atoms with Gasteiger partial charge in [-0.05, 0) is 60.0 Å². The highest BCUT2D eigenvalue weighted by molar-refractivity contribution is 7.92. The SMILES string of the molecule is CC(C)c1ccc2nc(NC(=O)c3ccccc3NS(=O)(=O)c3ccc(F)cc3)sc2c1. The van der Waals surface area contributed by atoms with Gasteiger partial charge in [0.1, 0.15) is 5.82 Å². The average molecular weight is 470 g/mol. The number of carbonyl (C=O) groups is 1. The summed E-state index contributed by atoms with van der Waals surface area (Å²) in [6.07, 6.45) is 0. The van der Waals surface area contributed by atoms with Gasteiger partial charge in [0.2, 0.25) is 0 Å². The summed E-state index contributed by atoms with van der Waals surface area (Å²) >= 11 is 1.35. The molecule has 0 radical (unpaired) electrons. The van der Waals surface area contributed by atoms with E-state index < -0.39 is 21.7 Å². The molecule has 0 unspecified atom stereocenters. The molecule has 0 fully saturated rings. The molecular weight excluding hydrogens is 449 g/mol. The van der Waals surface area contributed by atoms with E-state index in [1.165, 1.54) is 29.0 Å². The largest absolute Gasteiger partial charge is 0.298 e. The van der Waals surface area contributed by atoms with Crippen LogP contribution in [0.2, 0.25) is 0 Å². The molecule has 0 spiro atoms. The number of hydrogen-bond acceptors (Lipinski definition) is 5. The first-order chi connectivity index (χ1) is 15.2. The Morgan fingerprint density at radius 2 is 1.75 bits per heavy atom. The minimum Gasteiger partial charge on any atom is -0.298 e. The van der Waals surface area contributed by atoms with Crippen molar-refractivity contribution in [3.63, 3.8) is 0 Å². The van der Waals surface area contributed by atoms with E-state index in [9.17, 15) is 17.6 Å². The first kappa shape index (κ1) is 21.9. The van der Waals surface area contributed by atoms with Crippen LogP contribution in [0.5, 0.6) is 0 Å². The molecule has 6 nitrogen and oxygen atoms in total. The van der Waals surface area contributed by atoms with Crippen molar-refractivity contribution in [2.75, 3.05) is 10.0 Å². The van der Waals surface area contributed by atoms with Crippen molar-refractivity contribution in [1.29, 1.82) is 0 Å². The Bertz CT molecular complexity index is 1400. The van der Waals surface area contributed by atoms with Crippen molar-refractivity contribution in [2.45, 2.75) is 24.7 Å². The Balaban J connectivity index is 1.59. The van der Waals surface area contributed by atoms with Crippen LogP contribution in [0, 0.1) is 5.82 Å². The summed E-state index contributed by atoms with van der Waals surface area (Å²) in [5.74, 6) is -0.661. The van der Waals surface area contributed by atoms with Crippen LogP contribution in [0.3, 0.4) is 0 Å². The van der Waals surface area contributed by atoms with Gasteiger partial charge in [0.15, 0.2) is 5.13 Å². The van der Waals surface area contributed by atoms with Crippen LogP contribution in [0.25, 0.3) is 10.2 Å². The number of nitrogens with zero attached hydrogens (tertiary/aromatic N) is 1. The second-order valence-corrected chi connectivity index (χ2v) is 10.2. The van der Waals surface area contributed by atoms with Gasteiger partial charge < -0.3 is 0 Å². The van der Waals surface area contributed by atoms with Gasteiger partial charge in [0.05, 0.1) is 26.4 Å². The fourth-order valence-corrected chi connectivity index (χ4v) is 5.09. The topological polar surface area (TPSA) is 88.2 Å². The lowest BCUT2D eigenvalue weighted by Crippen LogP contribution is -2.18. The Morgan fingerprint density at radius 3 is 2.47 bits per heavy atom. The minimum atomic E-state index is -4.00. The standard InChI is InChI=1S/C23H20FN3O3S2/c1-14(2)15-7-12-20-21(13-15)31-23(25-20)26-22(28)18-5-3-4-6-19(18)27-32(29,30)17-10-8-16(24)9-11-17/h3-14,27H,1-2H3,(H,25,26,28). The lowest BCUT2D eigenvalue weighted by atomic mass is 10.0. The molecule has 1 heterocycles. The molecule has 32 heavy (non-hydrogen) atoms. The summed E-state index contributed by atoms with van der Waals surface area (Å²) in [6.45, 7) is 4.21. The molecule has 0 atom stereocenters. The zero-order valence-corrected chi connectivity index (χ0v) is 18.9. The van der Waals surface area contributed by atoms with Gasteiger partial charge in [-0.3, -0.25) is 14.8 Å². The van der Waals surface area contributed by atoms with Crippen LogP contribution in [-0.2, 0) is 10.0 Å². The van der Waals surface area contributed by atoms with Crippen molar-refractivity contribution >= 4 is 48.3 Å². The number of halogens is 1. The summed E-state index contributed by atoms with van der Waals surface area (Å²) in [5.41, 5.74) is 2.21. The third-order valence-electron chi connectivity index (χ3n) is 4.84. The molecule has 0 aliphatic heterocycles. The maximum Gasteiger partial charge on any atom is 0.261 e. The second kappa shape index (κ2) is 8.68. The molecule has 3 aromatic carbocycles. The molecule has 0 saturated carbocycles. The van der Waals surface area contributed by atoms with Gasteiger partial charge in [0, 0.05) is 0 Å². The molecule has 0 aliphatic carbocycles. The molecule has 0 saturated heterocycles. The Hall–Kier alpha value is -3.30. The van der Waals surface area contributed by atoms with Crippen molar-refractivity contribution in [2.24, 2.45) is 0 Å². The van der Waals surface area contributed by atoms with E-state index in [-0.39, 0.29) is 16.1 Å². The van der Waals surface area contributed by atoms with E-state index >= 15 is 0 Å². The number of para-hydroxylation sites is 1. The van der Waals surface area contributed by atoms with E-state index in [1.807, 2.05) is 12.1 Å². The Morgan fingerprint density at radius 1 is 1.03 bits per heavy atom. The van der Waals surface area contributed by atoms with Crippen LogP contribution < -0.4 is 10.0 Å². The van der Waals surface area contributed by atoms with Crippen molar-refractivity contribution < 1.29 is 17.6 Å². The molecule has 4 aromatic rings. The smallest absolute Gasteiger partial charge is 0.261 e. The van der Waals surface area contributed by atoms with Crippen LogP contribution in [0.1, 0.15) is 35.7 Å². The van der Waals surface area contributed by atoms with Crippen LogP contribution in [0.4, 0.5) is 15.2 Å². The lowest BCUT2D eigenvalue weighted by Gasteiger charge is -2.12. The van der Waals surface area contributed by atoms with Crippen molar-refractivity contribution in [3.05, 3.63) is 83.7 Å². The van der Waals surface area contributed by atoms with Gasteiger partial charge in [-0.1, -0.05) is 43.4 Å². The number of aromatic nitrogens is 1. The maximum absolute atomic E-state index is 13.1. The number of benzene rings is 3. The van der Waals surface area contributed by atoms with E-state index in [0.29, 0.717) is 11.0 Å². The molecule has 9 heteroatoms. The number of sulfonamides is 1. The summed E-state index contributed by atoms with van der Waals surface area (Å²) in [7, 11) is -4.00. The predicted molar refractivity (Wildman–Crippen MR) is 125 cm³/mol. The number of anilines is 2. The normalized spacial score (nSPS) is 11.6. The lowest BCUT2D eigenvalue weighted by molar-refractivity contribution is 0.102. The molecule has 4 rings (SSSR count). The van der Waals surface area contributed by atoms with E-state index in [2.05, 4.69) is 34.9 Å². The number of amides is 1. The van der Waals surface area contributed by atoms with Gasteiger partial charge in [-0.2, -0.15) is 0 Å². The summed E-state index contributed by atoms with van der Waals surface area (Å²) in [4.78, 5) is 17.3. The van der Waals surface area contributed by atoms with Gasteiger partial charge in [0.25, 0.3) is 15.9 Å². The highest BCUT2D eigenvalue weighted by Crippen LogP contribution is 2.30. The zero-order valence-electron chi connectivity index (χ0n) is 17.3. The van der Waals surface area contributed by atoms with Crippen molar-refractivity contribution in [1.82, 2.24) is 4.98 Å². The fraction of sp³-hybridized carbons (Fsp3) is 0.130. The highest BCUT2D eigenvalue weighted by Gasteiger charge is 2.19. The van der Waals surface area contributed by atoms with Gasteiger partial charge in [-0.15, -0.1) is 0 Å². The molecule has 0 bridgehead atoms. The minimum absolute atomic E-state index is 0.109. The monoisotopic (exact) mass is 469 g/mol. The number of thiazole rings is 1. The number of hydrogen-bond donors (Lipinski definition) is 2. The quantitative estimate of drug-likeness (QED) is 0.384. The van der Waals surface area contributed by atoms with Crippen LogP contribution in [-0.4, -0.2) is 19.3 Å². The predicted octanol–water partition coefficient (Wildman–Crippen LogP) is 5.61. The number of nitrogens with one attached hydrogen (secondary N) is 2. The highest BCUT2D eigenvalue weighted by atomic mass is 32.2. The third-order valence-corrected chi connectivity index (χ3v) is 7.15. The fourth-order valence-electron chi connectivity index (χ4n) is 3.11. The average Bonchev–Trinajstić information content (AvgIpc) is 3.15. The summed E-state index contributed by atoms with van der Waals surface area (Å²) in [6, 6.07) is 16.7. The van der Waals surface area contributed by atoms with E-state index in [0.717, 1.165) is 34.5 Å². The number of carbonyl (C=O) groups excluding carboxylic acids is 1. The summed E-state index contributed by atoms with van der Waals surface area (Å²) in [5, 5.41) is 3.17. The molecule has 0 aliphatic rings. The maximum atomic E-state index is 13.1. The Kier molecular flexibility index (Phi) is 5.94. The summed E-state index contributed by atoms with van der Waals surface area (Å²) < 4.78 is 41.9. The molecule has 164 valence electrons. The first-order valence-corrected chi connectivity index (χ1v) is 12.1. The van der Waals surface area contributed by atoms with Crippen molar-refractivity contribution in [3.8, 4) is 0 Å². The first-order valence-electron chi connectivity index (χ1n) is 9.82. The Labute approximate surface area is 189 Å².